The Morgan fingerprint density at radius 2 is 1.79 bits per heavy atom. The second kappa shape index (κ2) is 7.05. The van der Waals surface area contributed by atoms with Crippen molar-refractivity contribution in [2.45, 2.75) is 6.54 Å². The minimum atomic E-state index is -0.0372. The Morgan fingerprint density at radius 1 is 0.929 bits per heavy atom. The van der Waals surface area contributed by atoms with Crippen LogP contribution in [0.4, 0.5) is 5.82 Å². The number of hydrogen-bond acceptors (Lipinski definition) is 5. The first-order valence-corrected chi connectivity index (χ1v) is 9.56. The standard InChI is InChI=1S/C22H21N5O/c28-21-15-20(24-19-8-1-2-10-27(19)21)26-13-11-25(12-14-26)16-18-6-3-5-17-7-4-9-23-22(17)18/h1-10,15H,11-14,16H2. The molecule has 0 atom stereocenters. The van der Waals surface area contributed by atoms with Gasteiger partial charge in [-0.25, -0.2) is 4.98 Å². The molecule has 140 valence electrons. The van der Waals surface area contributed by atoms with Gasteiger partial charge in [-0.1, -0.05) is 30.3 Å². The van der Waals surface area contributed by atoms with Gasteiger partial charge in [0.15, 0.2) is 0 Å². The zero-order valence-corrected chi connectivity index (χ0v) is 15.5. The van der Waals surface area contributed by atoms with Crippen LogP contribution >= 0.6 is 0 Å². The molecule has 0 aliphatic carbocycles. The monoisotopic (exact) mass is 371 g/mol. The number of piperazine rings is 1. The lowest BCUT2D eigenvalue weighted by atomic mass is 10.1. The number of anilines is 1. The molecule has 0 unspecified atom stereocenters. The Balaban J connectivity index is 1.32. The number of rotatable bonds is 3. The number of nitrogens with zero attached hydrogens (tertiary/aromatic N) is 5. The molecule has 1 aliphatic rings. The normalized spacial score (nSPS) is 15.4. The molecule has 4 aromatic rings. The zero-order chi connectivity index (χ0) is 18.9. The van der Waals surface area contributed by atoms with Gasteiger partial charge in [-0.15, -0.1) is 0 Å². The lowest BCUT2D eigenvalue weighted by Gasteiger charge is -2.35. The van der Waals surface area contributed by atoms with Gasteiger partial charge in [-0.05, 0) is 23.8 Å². The summed E-state index contributed by atoms with van der Waals surface area (Å²) >= 11 is 0. The first kappa shape index (κ1) is 16.9. The van der Waals surface area contributed by atoms with Crippen molar-refractivity contribution >= 4 is 22.4 Å². The highest BCUT2D eigenvalue weighted by molar-refractivity contribution is 5.81. The zero-order valence-electron chi connectivity index (χ0n) is 15.5. The molecule has 28 heavy (non-hydrogen) atoms. The molecule has 3 aromatic heterocycles. The maximum absolute atomic E-state index is 12.4. The van der Waals surface area contributed by atoms with E-state index in [1.165, 1.54) is 10.9 Å². The van der Waals surface area contributed by atoms with Crippen LogP contribution < -0.4 is 10.5 Å². The van der Waals surface area contributed by atoms with Crippen LogP contribution in [0.3, 0.4) is 0 Å². The van der Waals surface area contributed by atoms with Crippen molar-refractivity contribution in [2.75, 3.05) is 31.1 Å². The molecule has 6 nitrogen and oxygen atoms in total. The van der Waals surface area contributed by atoms with E-state index in [1.807, 2.05) is 30.5 Å². The Labute approximate surface area is 162 Å². The number of para-hydroxylation sites is 1. The molecule has 1 fully saturated rings. The molecule has 5 rings (SSSR count). The number of fused-ring (bicyclic) bond motifs is 2. The van der Waals surface area contributed by atoms with E-state index in [9.17, 15) is 4.79 Å². The number of hydrogen-bond donors (Lipinski definition) is 0. The minimum absolute atomic E-state index is 0.0372. The van der Waals surface area contributed by atoms with Crippen molar-refractivity contribution in [3.63, 3.8) is 0 Å². The Hall–Kier alpha value is -3.25. The molecular weight excluding hydrogens is 350 g/mol. The smallest absolute Gasteiger partial charge is 0.259 e. The van der Waals surface area contributed by atoms with Gasteiger partial charge in [0.05, 0.1) is 5.52 Å². The number of benzene rings is 1. The quantitative estimate of drug-likeness (QED) is 0.554. The van der Waals surface area contributed by atoms with Crippen LogP contribution in [0.15, 0.2) is 71.8 Å². The number of aromatic nitrogens is 3. The molecule has 0 saturated carbocycles. The molecular formula is C22H21N5O. The summed E-state index contributed by atoms with van der Waals surface area (Å²) in [5, 5.41) is 1.18. The van der Waals surface area contributed by atoms with Crippen molar-refractivity contribution in [2.24, 2.45) is 0 Å². The highest BCUT2D eigenvalue weighted by Gasteiger charge is 2.19. The van der Waals surface area contributed by atoms with E-state index in [2.05, 4.69) is 44.0 Å². The summed E-state index contributed by atoms with van der Waals surface area (Å²) < 4.78 is 1.58. The number of pyridine rings is 2. The van der Waals surface area contributed by atoms with Crippen LogP contribution in [0, 0.1) is 0 Å². The third-order valence-corrected chi connectivity index (χ3v) is 5.36. The van der Waals surface area contributed by atoms with E-state index in [1.54, 1.807) is 16.7 Å². The van der Waals surface area contributed by atoms with Crippen LogP contribution in [0.2, 0.25) is 0 Å². The van der Waals surface area contributed by atoms with E-state index < -0.39 is 0 Å². The van der Waals surface area contributed by atoms with Crippen molar-refractivity contribution in [3.8, 4) is 0 Å². The lowest BCUT2D eigenvalue weighted by molar-refractivity contribution is 0.250. The summed E-state index contributed by atoms with van der Waals surface area (Å²) in [5.74, 6) is 0.766. The fourth-order valence-electron chi connectivity index (χ4n) is 3.87. The van der Waals surface area contributed by atoms with Crippen LogP contribution in [-0.4, -0.2) is 45.4 Å². The third kappa shape index (κ3) is 3.12. The molecule has 1 saturated heterocycles. The van der Waals surface area contributed by atoms with Crippen molar-refractivity contribution in [3.05, 3.63) is 82.9 Å². The molecule has 0 amide bonds. The van der Waals surface area contributed by atoms with E-state index in [4.69, 9.17) is 0 Å². The summed E-state index contributed by atoms with van der Waals surface area (Å²) in [5.41, 5.74) is 2.99. The van der Waals surface area contributed by atoms with Gasteiger partial charge >= 0.3 is 0 Å². The summed E-state index contributed by atoms with van der Waals surface area (Å²) in [6.07, 6.45) is 3.61. The second-order valence-electron chi connectivity index (χ2n) is 7.14. The van der Waals surface area contributed by atoms with E-state index in [0.717, 1.165) is 44.1 Å². The maximum atomic E-state index is 12.4. The Morgan fingerprint density at radius 3 is 2.68 bits per heavy atom. The fourth-order valence-corrected chi connectivity index (χ4v) is 3.87. The average Bonchev–Trinajstić information content (AvgIpc) is 2.75. The average molecular weight is 371 g/mol. The van der Waals surface area contributed by atoms with Gasteiger partial charge in [-0.2, -0.15) is 0 Å². The van der Waals surface area contributed by atoms with Gasteiger partial charge < -0.3 is 4.90 Å². The molecule has 1 aliphatic heterocycles. The van der Waals surface area contributed by atoms with Crippen LogP contribution in [0.5, 0.6) is 0 Å². The van der Waals surface area contributed by atoms with Crippen molar-refractivity contribution in [1.29, 1.82) is 0 Å². The molecule has 4 heterocycles. The molecule has 0 bridgehead atoms. The van der Waals surface area contributed by atoms with Crippen LogP contribution in [0.1, 0.15) is 5.56 Å². The van der Waals surface area contributed by atoms with Gasteiger partial charge in [0, 0.05) is 56.6 Å². The predicted molar refractivity (Wildman–Crippen MR) is 111 cm³/mol. The Kier molecular flexibility index (Phi) is 4.25. The summed E-state index contributed by atoms with van der Waals surface area (Å²) in [6.45, 7) is 4.45. The van der Waals surface area contributed by atoms with E-state index >= 15 is 0 Å². The first-order valence-electron chi connectivity index (χ1n) is 9.56. The summed E-state index contributed by atoms with van der Waals surface area (Å²) in [4.78, 5) is 26.2. The highest BCUT2D eigenvalue weighted by Crippen LogP contribution is 2.19. The highest BCUT2D eigenvalue weighted by atomic mass is 16.1. The molecule has 6 heteroatoms. The first-order chi connectivity index (χ1) is 13.8. The van der Waals surface area contributed by atoms with Crippen molar-refractivity contribution < 1.29 is 0 Å². The van der Waals surface area contributed by atoms with Gasteiger partial charge in [0.25, 0.3) is 5.56 Å². The lowest BCUT2D eigenvalue weighted by Crippen LogP contribution is -2.46. The SMILES string of the molecule is O=c1cc(N2CCN(Cc3cccc4cccnc34)CC2)nc2ccccn12. The van der Waals surface area contributed by atoms with Crippen molar-refractivity contribution in [1.82, 2.24) is 19.3 Å². The van der Waals surface area contributed by atoms with Gasteiger partial charge in [0.1, 0.15) is 11.5 Å². The second-order valence-corrected chi connectivity index (χ2v) is 7.14. The maximum Gasteiger partial charge on any atom is 0.259 e. The van der Waals surface area contributed by atoms with Gasteiger partial charge in [0.2, 0.25) is 0 Å². The Bertz CT molecular complexity index is 1190. The minimum Gasteiger partial charge on any atom is -0.354 e. The molecule has 1 aromatic carbocycles. The van der Waals surface area contributed by atoms with Crippen LogP contribution in [0.25, 0.3) is 16.6 Å². The third-order valence-electron chi connectivity index (χ3n) is 5.36. The molecule has 0 spiro atoms. The van der Waals surface area contributed by atoms with Gasteiger partial charge in [-0.3, -0.25) is 19.1 Å². The summed E-state index contributed by atoms with van der Waals surface area (Å²) in [7, 11) is 0. The fraction of sp³-hybridized carbons (Fsp3) is 0.227. The summed E-state index contributed by atoms with van der Waals surface area (Å²) in [6, 6.07) is 17.7. The topological polar surface area (TPSA) is 53.7 Å². The van der Waals surface area contributed by atoms with Crippen LogP contribution in [-0.2, 0) is 6.54 Å². The van der Waals surface area contributed by atoms with E-state index in [0.29, 0.717) is 5.65 Å². The van der Waals surface area contributed by atoms with E-state index in [-0.39, 0.29) is 5.56 Å². The molecule has 0 radical (unpaired) electrons. The predicted octanol–water partition coefficient (Wildman–Crippen LogP) is 2.56. The molecule has 0 N–H and O–H groups in total. The largest absolute Gasteiger partial charge is 0.354 e.